The van der Waals surface area contributed by atoms with Crippen molar-refractivity contribution in [1.29, 1.82) is 0 Å². The van der Waals surface area contributed by atoms with Crippen LogP contribution in [0.15, 0.2) is 41.0 Å². The van der Waals surface area contributed by atoms with Crippen LogP contribution >= 0.6 is 0 Å². The molecule has 0 unspecified atom stereocenters. The van der Waals surface area contributed by atoms with E-state index < -0.39 is 0 Å². The summed E-state index contributed by atoms with van der Waals surface area (Å²) >= 11 is 0. The average Bonchev–Trinajstić information content (AvgIpc) is 2.73. The molecule has 0 aliphatic heterocycles. The Morgan fingerprint density at radius 3 is 2.67 bits per heavy atom. The summed E-state index contributed by atoms with van der Waals surface area (Å²) in [5, 5.41) is 0. The Bertz CT molecular complexity index is 438. The summed E-state index contributed by atoms with van der Waals surface area (Å²) in [5.74, 6) is 1.45. The zero-order valence-corrected chi connectivity index (χ0v) is 8.14. The highest BCUT2D eigenvalue weighted by molar-refractivity contribution is 5.65. The first kappa shape index (κ1) is 9.45. The molecule has 0 bridgehead atoms. The molecular weight excluding hydrogens is 192 g/mol. The van der Waals surface area contributed by atoms with Gasteiger partial charge in [0.25, 0.3) is 0 Å². The number of nitrogen functional groups attached to an aromatic ring is 2. The van der Waals surface area contributed by atoms with E-state index in [1.165, 1.54) is 0 Å². The maximum atomic E-state index is 5.64. The van der Waals surface area contributed by atoms with Crippen molar-refractivity contribution in [3.8, 4) is 5.75 Å². The number of nitrogens with two attached hydrogens (primary N) is 2. The van der Waals surface area contributed by atoms with Crippen LogP contribution in [0, 0.1) is 0 Å². The largest absolute Gasteiger partial charge is 0.486 e. The van der Waals surface area contributed by atoms with Crippen LogP contribution in [0.4, 0.5) is 11.4 Å². The molecule has 1 heterocycles. The van der Waals surface area contributed by atoms with Gasteiger partial charge in [-0.05, 0) is 24.3 Å². The molecule has 2 rings (SSSR count). The zero-order valence-electron chi connectivity index (χ0n) is 8.14. The second kappa shape index (κ2) is 3.96. The molecular formula is C11H12N2O2. The number of hydrogen-bond acceptors (Lipinski definition) is 4. The van der Waals surface area contributed by atoms with Gasteiger partial charge in [-0.15, -0.1) is 0 Å². The summed E-state index contributed by atoms with van der Waals surface area (Å²) in [5.41, 5.74) is 12.3. The third-order valence-corrected chi connectivity index (χ3v) is 2.02. The number of ether oxygens (including phenoxy) is 1. The molecule has 0 saturated carbocycles. The van der Waals surface area contributed by atoms with Crippen LogP contribution in [-0.2, 0) is 6.61 Å². The van der Waals surface area contributed by atoms with E-state index in [0.717, 1.165) is 5.76 Å². The van der Waals surface area contributed by atoms with Crippen molar-refractivity contribution in [2.24, 2.45) is 0 Å². The second-order valence-electron chi connectivity index (χ2n) is 3.16. The molecule has 1 aromatic heterocycles. The molecule has 2 aromatic rings. The molecule has 0 fully saturated rings. The van der Waals surface area contributed by atoms with E-state index in [2.05, 4.69) is 0 Å². The standard InChI is InChI=1S/C11H12N2O2/c12-10-4-3-8(6-11(10)13)15-7-9-2-1-5-14-9/h1-6H,7,12-13H2. The molecule has 0 radical (unpaired) electrons. The van der Waals surface area contributed by atoms with Crippen molar-refractivity contribution in [3.63, 3.8) is 0 Å². The fourth-order valence-corrected chi connectivity index (χ4v) is 1.19. The average molecular weight is 204 g/mol. The summed E-state index contributed by atoms with van der Waals surface area (Å²) in [6.07, 6.45) is 1.61. The van der Waals surface area contributed by atoms with Crippen LogP contribution in [0.25, 0.3) is 0 Å². The van der Waals surface area contributed by atoms with Gasteiger partial charge in [0.05, 0.1) is 17.6 Å². The Morgan fingerprint density at radius 1 is 1.13 bits per heavy atom. The third kappa shape index (κ3) is 2.22. The first-order chi connectivity index (χ1) is 7.25. The van der Waals surface area contributed by atoms with Crippen LogP contribution in [0.5, 0.6) is 5.75 Å². The molecule has 78 valence electrons. The van der Waals surface area contributed by atoms with Gasteiger partial charge in [0, 0.05) is 6.07 Å². The minimum atomic E-state index is 0.385. The first-order valence-corrected chi connectivity index (χ1v) is 4.56. The van der Waals surface area contributed by atoms with E-state index >= 15 is 0 Å². The minimum absolute atomic E-state index is 0.385. The topological polar surface area (TPSA) is 74.4 Å². The van der Waals surface area contributed by atoms with Crippen LogP contribution in [-0.4, -0.2) is 0 Å². The summed E-state index contributed by atoms with van der Waals surface area (Å²) in [7, 11) is 0. The Labute approximate surface area is 87.4 Å². The number of rotatable bonds is 3. The van der Waals surface area contributed by atoms with Crippen molar-refractivity contribution in [1.82, 2.24) is 0 Å². The number of hydrogen-bond donors (Lipinski definition) is 2. The Balaban J connectivity index is 2.02. The zero-order chi connectivity index (χ0) is 10.7. The highest BCUT2D eigenvalue weighted by atomic mass is 16.5. The quantitative estimate of drug-likeness (QED) is 0.750. The minimum Gasteiger partial charge on any atom is -0.486 e. The highest BCUT2D eigenvalue weighted by Gasteiger charge is 2.00. The summed E-state index contributed by atoms with van der Waals surface area (Å²) < 4.78 is 10.6. The van der Waals surface area contributed by atoms with Gasteiger partial charge in [0.1, 0.15) is 18.1 Å². The van der Waals surface area contributed by atoms with Crippen molar-refractivity contribution < 1.29 is 9.15 Å². The predicted molar refractivity (Wildman–Crippen MR) is 58.3 cm³/mol. The lowest BCUT2D eigenvalue weighted by Crippen LogP contribution is -1.97. The molecule has 4 nitrogen and oxygen atoms in total. The lowest BCUT2D eigenvalue weighted by atomic mass is 10.2. The van der Waals surface area contributed by atoms with E-state index in [-0.39, 0.29) is 0 Å². The molecule has 0 amide bonds. The summed E-state index contributed by atoms with van der Waals surface area (Å²) in [6, 6.07) is 8.84. The molecule has 4 N–H and O–H groups in total. The van der Waals surface area contributed by atoms with Crippen LogP contribution in [0.1, 0.15) is 5.76 Å². The Kier molecular flexibility index (Phi) is 2.49. The monoisotopic (exact) mass is 204 g/mol. The highest BCUT2D eigenvalue weighted by Crippen LogP contribution is 2.22. The van der Waals surface area contributed by atoms with E-state index in [1.807, 2.05) is 12.1 Å². The Hall–Kier alpha value is -2.10. The molecule has 4 heteroatoms. The van der Waals surface area contributed by atoms with Crippen molar-refractivity contribution in [3.05, 3.63) is 42.4 Å². The number of benzene rings is 1. The van der Waals surface area contributed by atoms with E-state index in [1.54, 1.807) is 24.5 Å². The molecule has 15 heavy (non-hydrogen) atoms. The summed E-state index contributed by atoms with van der Waals surface area (Å²) in [6.45, 7) is 0.385. The fraction of sp³-hybridized carbons (Fsp3) is 0.0909. The van der Waals surface area contributed by atoms with Gasteiger partial charge >= 0.3 is 0 Å². The molecule has 0 aliphatic rings. The van der Waals surface area contributed by atoms with Gasteiger partial charge in [0.2, 0.25) is 0 Å². The lowest BCUT2D eigenvalue weighted by Gasteiger charge is -2.06. The third-order valence-electron chi connectivity index (χ3n) is 2.02. The van der Waals surface area contributed by atoms with Crippen molar-refractivity contribution in [2.75, 3.05) is 11.5 Å². The van der Waals surface area contributed by atoms with Gasteiger partial charge in [-0.25, -0.2) is 0 Å². The molecule has 0 aliphatic carbocycles. The van der Waals surface area contributed by atoms with Crippen LogP contribution in [0.3, 0.4) is 0 Å². The van der Waals surface area contributed by atoms with E-state index in [4.69, 9.17) is 20.6 Å². The molecule has 0 spiro atoms. The normalized spacial score (nSPS) is 10.1. The fourth-order valence-electron chi connectivity index (χ4n) is 1.19. The molecule has 0 atom stereocenters. The summed E-state index contributed by atoms with van der Waals surface area (Å²) in [4.78, 5) is 0. The van der Waals surface area contributed by atoms with Gasteiger partial charge < -0.3 is 20.6 Å². The van der Waals surface area contributed by atoms with Crippen molar-refractivity contribution in [2.45, 2.75) is 6.61 Å². The SMILES string of the molecule is Nc1ccc(OCc2ccco2)cc1N. The van der Waals surface area contributed by atoms with Gasteiger partial charge in [-0.2, -0.15) is 0 Å². The second-order valence-corrected chi connectivity index (χ2v) is 3.16. The molecule has 1 aromatic carbocycles. The van der Waals surface area contributed by atoms with E-state index in [0.29, 0.717) is 23.7 Å². The van der Waals surface area contributed by atoms with Crippen LogP contribution < -0.4 is 16.2 Å². The lowest BCUT2D eigenvalue weighted by molar-refractivity contribution is 0.270. The number of furan rings is 1. The van der Waals surface area contributed by atoms with Crippen molar-refractivity contribution >= 4 is 11.4 Å². The first-order valence-electron chi connectivity index (χ1n) is 4.56. The van der Waals surface area contributed by atoms with Gasteiger partial charge in [-0.3, -0.25) is 0 Å². The number of anilines is 2. The van der Waals surface area contributed by atoms with Crippen LogP contribution in [0.2, 0.25) is 0 Å². The van der Waals surface area contributed by atoms with Gasteiger partial charge in [-0.1, -0.05) is 0 Å². The Morgan fingerprint density at radius 2 is 2.00 bits per heavy atom. The van der Waals surface area contributed by atoms with Gasteiger partial charge in [0.15, 0.2) is 0 Å². The van der Waals surface area contributed by atoms with E-state index in [9.17, 15) is 0 Å². The molecule has 0 saturated heterocycles. The predicted octanol–water partition coefficient (Wildman–Crippen LogP) is 2.02. The maximum absolute atomic E-state index is 5.64. The smallest absolute Gasteiger partial charge is 0.146 e. The maximum Gasteiger partial charge on any atom is 0.146 e.